The summed E-state index contributed by atoms with van der Waals surface area (Å²) in [5.74, 6) is 0.248. The Bertz CT molecular complexity index is 729. The molecule has 6 heteroatoms. The van der Waals surface area contributed by atoms with Gasteiger partial charge in [0.15, 0.2) is 0 Å². The summed E-state index contributed by atoms with van der Waals surface area (Å²) >= 11 is 0. The van der Waals surface area contributed by atoms with E-state index in [4.69, 9.17) is 4.43 Å². The number of nitrogens with zero attached hydrogens (tertiary/aromatic N) is 2. The van der Waals surface area contributed by atoms with Crippen molar-refractivity contribution in [1.29, 1.82) is 0 Å². The van der Waals surface area contributed by atoms with Crippen molar-refractivity contribution in [3.8, 4) is 16.9 Å². The van der Waals surface area contributed by atoms with E-state index in [-0.39, 0.29) is 5.75 Å². The quantitative estimate of drug-likeness (QED) is 0.677. The summed E-state index contributed by atoms with van der Waals surface area (Å²) in [5.41, 5.74) is 3.20. The van der Waals surface area contributed by atoms with E-state index < -0.39 is 0 Å². The maximum absolute atomic E-state index is 9.80. The summed E-state index contributed by atoms with van der Waals surface area (Å²) in [6.45, 7) is 1.01. The molecule has 1 aliphatic rings. The lowest BCUT2D eigenvalue weighted by Gasteiger charge is -2.06. The van der Waals surface area contributed by atoms with E-state index in [1.807, 2.05) is 30.3 Å². The van der Waals surface area contributed by atoms with E-state index in [1.165, 1.54) is 18.9 Å². The first kappa shape index (κ1) is 14.7. The highest BCUT2D eigenvalue weighted by molar-refractivity contribution is 6.27. The van der Waals surface area contributed by atoms with Crippen LogP contribution in [0.5, 0.6) is 5.75 Å². The Morgan fingerprint density at radius 2 is 1.86 bits per heavy atom. The number of phenolic OH excluding ortho intramolecular Hbond substituents is 1. The zero-order chi connectivity index (χ0) is 15.2. The molecule has 0 spiro atoms. The van der Waals surface area contributed by atoms with E-state index in [2.05, 4.69) is 15.4 Å². The Balaban J connectivity index is 0.000000202. The molecule has 22 heavy (non-hydrogen) atoms. The van der Waals surface area contributed by atoms with Gasteiger partial charge in [-0.15, -0.1) is 0 Å². The highest BCUT2D eigenvalue weighted by atomic mass is 28.2. The number of fused-ring (bicyclic) bond motifs is 1. The fourth-order valence-corrected chi connectivity index (χ4v) is 3.13. The molecule has 0 saturated carbocycles. The molecule has 1 fully saturated rings. The summed E-state index contributed by atoms with van der Waals surface area (Å²) in [5, 5.41) is 20.5. The third-order valence-electron chi connectivity index (χ3n) is 3.42. The van der Waals surface area contributed by atoms with Crippen molar-refractivity contribution in [2.45, 2.75) is 18.9 Å². The SMILES string of the molecule is C1CC[Si]OC1.Oc1ccccc1-c1cccc2n[nH]nc12. The molecule has 3 aromatic rings. The molecule has 2 heterocycles. The van der Waals surface area contributed by atoms with Crippen LogP contribution in [0, 0.1) is 0 Å². The van der Waals surface area contributed by atoms with Crippen molar-refractivity contribution < 1.29 is 9.53 Å². The van der Waals surface area contributed by atoms with Crippen molar-refractivity contribution in [2.75, 3.05) is 6.61 Å². The highest BCUT2D eigenvalue weighted by Crippen LogP contribution is 2.32. The molecule has 0 bridgehead atoms. The maximum atomic E-state index is 9.80. The number of H-pyrrole nitrogens is 1. The van der Waals surface area contributed by atoms with Crippen LogP contribution in [-0.4, -0.2) is 36.9 Å². The van der Waals surface area contributed by atoms with Crippen LogP contribution >= 0.6 is 0 Å². The zero-order valence-corrected chi connectivity index (χ0v) is 13.1. The van der Waals surface area contributed by atoms with Crippen LogP contribution in [0.15, 0.2) is 42.5 Å². The topological polar surface area (TPSA) is 71.0 Å². The standard InChI is InChI=1S/C12H9N3O.C4H8OSi/c16-11-7-2-1-4-8(11)9-5-3-6-10-12(9)14-15-13-10;1-2-4-6-5-3-1/h1-7,16H,(H,13,14,15);1-4H2. The molecule has 0 unspecified atom stereocenters. The van der Waals surface area contributed by atoms with Crippen molar-refractivity contribution in [1.82, 2.24) is 15.4 Å². The predicted molar refractivity (Wildman–Crippen MR) is 86.7 cm³/mol. The molecule has 2 radical (unpaired) electrons. The van der Waals surface area contributed by atoms with Crippen LogP contribution in [0.2, 0.25) is 6.04 Å². The Kier molecular flexibility index (Phi) is 4.82. The second-order valence-electron chi connectivity index (χ2n) is 4.96. The molecular formula is C16H17N3O2Si. The molecule has 1 aromatic heterocycles. The van der Waals surface area contributed by atoms with E-state index in [0.717, 1.165) is 38.5 Å². The minimum atomic E-state index is 0.248. The number of phenols is 1. The van der Waals surface area contributed by atoms with Crippen LogP contribution in [0.1, 0.15) is 12.8 Å². The molecule has 5 nitrogen and oxygen atoms in total. The second-order valence-corrected chi connectivity index (χ2v) is 6.04. The zero-order valence-electron chi connectivity index (χ0n) is 12.1. The number of aromatic hydroxyl groups is 1. The summed E-state index contributed by atoms with van der Waals surface area (Å²) in [6, 6.07) is 14.2. The fraction of sp³-hybridized carbons (Fsp3) is 0.250. The Morgan fingerprint density at radius 3 is 2.55 bits per heavy atom. The second kappa shape index (κ2) is 7.19. The van der Waals surface area contributed by atoms with E-state index in [0.29, 0.717) is 0 Å². The molecule has 112 valence electrons. The lowest BCUT2D eigenvalue weighted by Crippen LogP contribution is -2.06. The minimum Gasteiger partial charge on any atom is -0.507 e. The number of benzene rings is 2. The van der Waals surface area contributed by atoms with E-state index in [9.17, 15) is 5.11 Å². The third kappa shape index (κ3) is 3.34. The summed E-state index contributed by atoms with van der Waals surface area (Å²) < 4.78 is 5.10. The molecule has 0 atom stereocenters. The largest absolute Gasteiger partial charge is 0.507 e. The predicted octanol–water partition coefficient (Wildman–Crippen LogP) is 3.16. The van der Waals surface area contributed by atoms with Crippen molar-refractivity contribution >= 4 is 20.8 Å². The number of aromatic nitrogens is 3. The average molecular weight is 311 g/mol. The van der Waals surface area contributed by atoms with Crippen molar-refractivity contribution in [3.05, 3.63) is 42.5 Å². The molecule has 0 aliphatic carbocycles. The number of nitrogens with one attached hydrogen (secondary N) is 1. The van der Waals surface area contributed by atoms with Gasteiger partial charge in [0.05, 0.1) is 0 Å². The van der Waals surface area contributed by atoms with Gasteiger partial charge >= 0.3 is 0 Å². The summed E-state index contributed by atoms with van der Waals surface area (Å²) in [6.07, 6.45) is 2.67. The smallest absolute Gasteiger partial charge is 0.229 e. The normalized spacial score (nSPS) is 14.4. The molecule has 2 N–H and O–H groups in total. The van der Waals surface area contributed by atoms with Crippen LogP contribution < -0.4 is 0 Å². The summed E-state index contributed by atoms with van der Waals surface area (Å²) in [7, 11) is 0.802. The molecule has 4 rings (SSSR count). The highest BCUT2D eigenvalue weighted by Gasteiger charge is 2.09. The van der Waals surface area contributed by atoms with Gasteiger partial charge in [-0.1, -0.05) is 36.8 Å². The van der Waals surface area contributed by atoms with Gasteiger partial charge in [-0.3, -0.25) is 0 Å². The summed E-state index contributed by atoms with van der Waals surface area (Å²) in [4.78, 5) is 0. The fourth-order valence-electron chi connectivity index (χ4n) is 2.30. The lowest BCUT2D eigenvalue weighted by atomic mass is 10.0. The number of hydrogen-bond donors (Lipinski definition) is 2. The van der Waals surface area contributed by atoms with Crippen LogP contribution in [-0.2, 0) is 4.43 Å². The Hall–Kier alpha value is -2.18. The number of aromatic amines is 1. The van der Waals surface area contributed by atoms with Crippen LogP contribution in [0.25, 0.3) is 22.2 Å². The van der Waals surface area contributed by atoms with Crippen molar-refractivity contribution in [3.63, 3.8) is 0 Å². The van der Waals surface area contributed by atoms with Gasteiger partial charge in [-0.05, 0) is 24.6 Å². The lowest BCUT2D eigenvalue weighted by molar-refractivity contribution is 0.304. The Labute approximate surface area is 131 Å². The van der Waals surface area contributed by atoms with Gasteiger partial charge < -0.3 is 9.53 Å². The van der Waals surface area contributed by atoms with Crippen LogP contribution in [0.3, 0.4) is 0 Å². The van der Waals surface area contributed by atoms with Crippen molar-refractivity contribution in [2.24, 2.45) is 0 Å². The number of rotatable bonds is 1. The van der Waals surface area contributed by atoms with Gasteiger partial charge in [0.1, 0.15) is 16.8 Å². The van der Waals surface area contributed by atoms with E-state index >= 15 is 0 Å². The minimum absolute atomic E-state index is 0.248. The molecule has 1 saturated heterocycles. The molecule has 1 aliphatic heterocycles. The number of para-hydroxylation sites is 2. The monoisotopic (exact) mass is 311 g/mol. The van der Waals surface area contributed by atoms with Gasteiger partial charge in [-0.25, -0.2) is 0 Å². The number of hydrogen-bond acceptors (Lipinski definition) is 4. The van der Waals surface area contributed by atoms with Gasteiger partial charge in [0, 0.05) is 17.7 Å². The van der Waals surface area contributed by atoms with E-state index in [1.54, 1.807) is 12.1 Å². The molecule has 0 amide bonds. The maximum Gasteiger partial charge on any atom is 0.229 e. The average Bonchev–Trinajstić information content (AvgIpc) is 3.06. The first-order chi connectivity index (χ1) is 10.9. The van der Waals surface area contributed by atoms with Gasteiger partial charge in [-0.2, -0.15) is 15.4 Å². The van der Waals surface area contributed by atoms with Gasteiger partial charge in [0.25, 0.3) is 0 Å². The Morgan fingerprint density at radius 1 is 1.00 bits per heavy atom. The molecule has 2 aromatic carbocycles. The first-order valence-corrected chi connectivity index (χ1v) is 8.40. The first-order valence-electron chi connectivity index (χ1n) is 7.29. The van der Waals surface area contributed by atoms with Crippen LogP contribution in [0.4, 0.5) is 0 Å². The van der Waals surface area contributed by atoms with Gasteiger partial charge in [0.2, 0.25) is 9.76 Å². The molecular weight excluding hydrogens is 294 g/mol. The third-order valence-corrected chi connectivity index (χ3v) is 4.38.